The normalized spacial score (nSPS) is 12.3. The van der Waals surface area contributed by atoms with Crippen molar-refractivity contribution >= 4 is 11.9 Å². The van der Waals surface area contributed by atoms with Crippen molar-refractivity contribution < 1.29 is 19.4 Å². The Morgan fingerprint density at radius 3 is 1.62 bits per heavy atom. The van der Waals surface area contributed by atoms with Gasteiger partial charge in [-0.15, -0.1) is 0 Å². The molecule has 0 heterocycles. The Morgan fingerprint density at radius 1 is 0.688 bits per heavy atom. The lowest BCUT2D eigenvalue weighted by Crippen LogP contribution is -2.21. The Balaban J connectivity index is 3.50. The molecule has 0 amide bonds. The summed E-state index contributed by atoms with van der Waals surface area (Å²) in [5.41, 5.74) is 0. The maximum atomic E-state index is 12.0. The average Bonchev–Trinajstić information content (AvgIpc) is 2.77. The van der Waals surface area contributed by atoms with Gasteiger partial charge in [-0.2, -0.15) is 0 Å². The molecular weight excluding hydrogens is 400 g/mol. The smallest absolute Gasteiger partial charge is 0.309 e. The average molecular weight is 453 g/mol. The van der Waals surface area contributed by atoms with E-state index in [9.17, 15) is 9.59 Å². The second kappa shape index (κ2) is 24.3. The molecule has 1 N–H and O–H groups in total. The zero-order valence-corrected chi connectivity index (χ0v) is 21.3. The summed E-state index contributed by atoms with van der Waals surface area (Å²) in [4.78, 5) is 22.9. The Hall–Kier alpha value is -1.32. The van der Waals surface area contributed by atoms with Gasteiger partial charge < -0.3 is 9.84 Å². The molecule has 0 aromatic rings. The number of hydrogen-bond acceptors (Lipinski definition) is 3. The van der Waals surface area contributed by atoms with E-state index in [0.717, 1.165) is 32.1 Å². The minimum Gasteiger partial charge on any atom is -0.481 e. The number of hydrogen-bond donors (Lipinski definition) is 1. The highest BCUT2D eigenvalue weighted by atomic mass is 16.5. The summed E-state index contributed by atoms with van der Waals surface area (Å²) in [5, 5.41) is 9.00. The predicted octanol–water partition coefficient (Wildman–Crippen LogP) is 8.63. The topological polar surface area (TPSA) is 63.6 Å². The van der Waals surface area contributed by atoms with Crippen LogP contribution in [0, 0.1) is 5.92 Å². The van der Waals surface area contributed by atoms with E-state index < -0.39 is 11.9 Å². The highest BCUT2D eigenvalue weighted by Gasteiger charge is 2.22. The molecule has 188 valence electrons. The van der Waals surface area contributed by atoms with Gasteiger partial charge in [-0.3, -0.25) is 9.59 Å². The van der Waals surface area contributed by atoms with Gasteiger partial charge >= 0.3 is 11.9 Å². The predicted molar refractivity (Wildman–Crippen MR) is 135 cm³/mol. The number of aliphatic carboxylic acids is 1. The molecule has 1 atom stereocenters. The molecular formula is C28H52O4. The molecule has 4 heteroatoms. The van der Waals surface area contributed by atoms with Crippen LogP contribution in [0.5, 0.6) is 0 Å². The molecule has 0 aliphatic carbocycles. The third kappa shape index (κ3) is 21.9. The first-order valence-electron chi connectivity index (χ1n) is 13.6. The molecule has 0 saturated heterocycles. The van der Waals surface area contributed by atoms with E-state index in [4.69, 9.17) is 9.84 Å². The number of rotatable bonds is 24. The molecule has 0 bridgehead atoms. The molecule has 0 radical (unpaired) electrons. The van der Waals surface area contributed by atoms with Gasteiger partial charge in [0.05, 0.1) is 18.9 Å². The summed E-state index contributed by atoms with van der Waals surface area (Å²) in [6.45, 7) is 4.58. The lowest BCUT2D eigenvalue weighted by molar-refractivity contribution is -0.153. The van der Waals surface area contributed by atoms with Crippen LogP contribution in [0.3, 0.4) is 0 Å². The first kappa shape index (κ1) is 30.7. The molecule has 32 heavy (non-hydrogen) atoms. The minimum atomic E-state index is -0.927. The van der Waals surface area contributed by atoms with Gasteiger partial charge in [-0.25, -0.2) is 0 Å². The standard InChI is InChI=1S/C28H52O4/c1-3-5-6-7-8-9-10-11-12-13-14-15-16-17-18-19-20-21-22-23-26(25-27(29)30)28(31)32-24-4-2/h17-18,26H,3-16,19-25H2,1-2H3,(H,29,30)/b18-17+. The SMILES string of the molecule is CCCCCCCCCCCCCC/C=C/CCCCCC(CC(=O)O)C(=O)OCCC. The van der Waals surface area contributed by atoms with Crippen molar-refractivity contribution in [3.63, 3.8) is 0 Å². The molecule has 0 aromatic heterocycles. The first-order valence-corrected chi connectivity index (χ1v) is 13.6. The van der Waals surface area contributed by atoms with Gasteiger partial charge in [-0.05, 0) is 38.5 Å². The molecule has 0 saturated carbocycles. The third-order valence-electron chi connectivity index (χ3n) is 6.02. The van der Waals surface area contributed by atoms with Gasteiger partial charge in [0.25, 0.3) is 0 Å². The van der Waals surface area contributed by atoms with Crippen molar-refractivity contribution in [3.8, 4) is 0 Å². The van der Waals surface area contributed by atoms with E-state index in [1.54, 1.807) is 0 Å². The molecule has 0 spiro atoms. The summed E-state index contributed by atoms with van der Waals surface area (Å²) in [7, 11) is 0. The van der Waals surface area contributed by atoms with Crippen LogP contribution in [-0.2, 0) is 14.3 Å². The van der Waals surface area contributed by atoms with E-state index in [0.29, 0.717) is 13.0 Å². The van der Waals surface area contributed by atoms with Crippen LogP contribution in [0.25, 0.3) is 0 Å². The Morgan fingerprint density at radius 2 is 1.16 bits per heavy atom. The van der Waals surface area contributed by atoms with Crippen LogP contribution >= 0.6 is 0 Å². The first-order chi connectivity index (χ1) is 15.6. The van der Waals surface area contributed by atoms with Crippen LogP contribution in [0.4, 0.5) is 0 Å². The number of unbranched alkanes of at least 4 members (excludes halogenated alkanes) is 15. The van der Waals surface area contributed by atoms with Gasteiger partial charge in [0.15, 0.2) is 0 Å². The van der Waals surface area contributed by atoms with Crippen LogP contribution in [0.15, 0.2) is 12.2 Å². The van der Waals surface area contributed by atoms with Gasteiger partial charge in [-0.1, -0.05) is 109 Å². The van der Waals surface area contributed by atoms with Crippen molar-refractivity contribution in [3.05, 3.63) is 12.2 Å². The van der Waals surface area contributed by atoms with Crippen LogP contribution in [0.2, 0.25) is 0 Å². The highest BCUT2D eigenvalue weighted by Crippen LogP contribution is 2.17. The highest BCUT2D eigenvalue weighted by molar-refractivity contribution is 5.79. The lowest BCUT2D eigenvalue weighted by Gasteiger charge is -2.13. The van der Waals surface area contributed by atoms with E-state index in [1.165, 1.54) is 83.5 Å². The van der Waals surface area contributed by atoms with Crippen molar-refractivity contribution in [2.75, 3.05) is 6.61 Å². The van der Waals surface area contributed by atoms with Gasteiger partial charge in [0, 0.05) is 0 Å². The van der Waals surface area contributed by atoms with Crippen molar-refractivity contribution in [2.45, 2.75) is 142 Å². The fourth-order valence-electron chi connectivity index (χ4n) is 4.00. The van der Waals surface area contributed by atoms with Crippen molar-refractivity contribution in [2.24, 2.45) is 5.92 Å². The van der Waals surface area contributed by atoms with Gasteiger partial charge in [0.1, 0.15) is 0 Å². The van der Waals surface area contributed by atoms with Crippen LogP contribution in [-0.4, -0.2) is 23.7 Å². The fourth-order valence-corrected chi connectivity index (χ4v) is 4.00. The summed E-state index contributed by atoms with van der Waals surface area (Å²) in [5.74, 6) is -1.78. The molecule has 0 aromatic carbocycles. The van der Waals surface area contributed by atoms with E-state index in [2.05, 4.69) is 19.1 Å². The number of esters is 1. The van der Waals surface area contributed by atoms with Crippen molar-refractivity contribution in [1.29, 1.82) is 0 Å². The minimum absolute atomic E-state index is 0.124. The number of carbonyl (C=O) groups is 2. The molecule has 0 aliphatic heterocycles. The molecule has 0 fully saturated rings. The summed E-state index contributed by atoms with van der Waals surface area (Å²) >= 11 is 0. The van der Waals surface area contributed by atoms with Crippen molar-refractivity contribution in [1.82, 2.24) is 0 Å². The zero-order valence-electron chi connectivity index (χ0n) is 21.3. The van der Waals surface area contributed by atoms with Gasteiger partial charge in [0.2, 0.25) is 0 Å². The second-order valence-corrected chi connectivity index (χ2v) is 9.25. The summed E-state index contributed by atoms with van der Waals surface area (Å²) < 4.78 is 5.13. The number of ether oxygens (including phenoxy) is 1. The van der Waals surface area contributed by atoms with Crippen LogP contribution < -0.4 is 0 Å². The largest absolute Gasteiger partial charge is 0.481 e. The molecule has 0 aliphatic rings. The molecule has 4 nitrogen and oxygen atoms in total. The summed E-state index contributed by atoms with van der Waals surface area (Å²) in [6, 6.07) is 0. The second-order valence-electron chi connectivity index (χ2n) is 9.25. The zero-order chi connectivity index (χ0) is 23.7. The maximum absolute atomic E-state index is 12.0. The number of carbonyl (C=O) groups excluding carboxylic acids is 1. The molecule has 0 rings (SSSR count). The molecule has 1 unspecified atom stereocenters. The van der Waals surface area contributed by atoms with E-state index >= 15 is 0 Å². The number of allylic oxidation sites excluding steroid dienone is 2. The Labute approximate surface area is 198 Å². The monoisotopic (exact) mass is 452 g/mol. The number of carboxylic acid groups (broad SMARTS) is 1. The third-order valence-corrected chi connectivity index (χ3v) is 6.02. The number of carboxylic acids is 1. The van der Waals surface area contributed by atoms with Crippen LogP contribution in [0.1, 0.15) is 142 Å². The Kier molecular flexibility index (Phi) is 23.3. The Bertz CT molecular complexity index is 458. The summed E-state index contributed by atoms with van der Waals surface area (Å²) in [6.07, 6.45) is 27.8. The lowest BCUT2D eigenvalue weighted by atomic mass is 9.97. The van der Waals surface area contributed by atoms with E-state index in [1.807, 2.05) is 6.92 Å². The fraction of sp³-hybridized carbons (Fsp3) is 0.857. The van der Waals surface area contributed by atoms with E-state index in [-0.39, 0.29) is 12.4 Å². The quantitative estimate of drug-likeness (QED) is 0.0904. The maximum Gasteiger partial charge on any atom is 0.309 e.